The molecule has 0 N–H and O–H groups in total. The van der Waals surface area contributed by atoms with Gasteiger partial charge in [0, 0.05) is 10.6 Å². The highest BCUT2D eigenvalue weighted by molar-refractivity contribution is 6.30. The molecule has 130 valence electrons. The number of hydrogen-bond donors (Lipinski definition) is 0. The van der Waals surface area contributed by atoms with Crippen LogP contribution in [-0.4, -0.2) is 5.78 Å². The van der Waals surface area contributed by atoms with Gasteiger partial charge in [0.25, 0.3) is 0 Å². The van der Waals surface area contributed by atoms with Gasteiger partial charge in [0.1, 0.15) is 12.4 Å². The van der Waals surface area contributed by atoms with Crippen LogP contribution in [0.25, 0.3) is 6.08 Å². The van der Waals surface area contributed by atoms with Gasteiger partial charge in [-0.15, -0.1) is 0 Å². The number of allylic oxidation sites excluding steroid dienone is 1. The van der Waals surface area contributed by atoms with Gasteiger partial charge in [0.05, 0.1) is 0 Å². The number of carbonyl (C=O) groups excluding carboxylic acids is 1. The third kappa shape index (κ3) is 5.08. The zero-order valence-electron chi connectivity index (χ0n) is 14.5. The fourth-order valence-corrected chi connectivity index (χ4v) is 2.53. The molecule has 26 heavy (non-hydrogen) atoms. The van der Waals surface area contributed by atoms with E-state index in [0.717, 1.165) is 22.4 Å². The molecule has 3 heteroatoms. The van der Waals surface area contributed by atoms with Crippen LogP contribution in [0.2, 0.25) is 5.02 Å². The van der Waals surface area contributed by atoms with Crippen LogP contribution in [0.1, 0.15) is 27.0 Å². The number of halogens is 1. The van der Waals surface area contributed by atoms with E-state index in [4.69, 9.17) is 16.3 Å². The molecular formula is C23H19ClO2. The van der Waals surface area contributed by atoms with Gasteiger partial charge in [0.2, 0.25) is 0 Å². The van der Waals surface area contributed by atoms with E-state index in [2.05, 4.69) is 0 Å². The molecule has 0 bridgehead atoms. The first-order valence-corrected chi connectivity index (χ1v) is 8.74. The first-order chi connectivity index (χ1) is 12.6. The topological polar surface area (TPSA) is 26.3 Å². The van der Waals surface area contributed by atoms with Crippen LogP contribution >= 0.6 is 11.6 Å². The minimum absolute atomic E-state index is 0.00642. The Hall–Kier alpha value is -2.84. The van der Waals surface area contributed by atoms with E-state index in [1.807, 2.05) is 85.8 Å². The van der Waals surface area contributed by atoms with Crippen LogP contribution in [0, 0.1) is 6.92 Å². The summed E-state index contributed by atoms with van der Waals surface area (Å²) in [5, 5.41) is 0.713. The Morgan fingerprint density at radius 1 is 0.923 bits per heavy atom. The minimum Gasteiger partial charge on any atom is -0.489 e. The van der Waals surface area contributed by atoms with E-state index in [-0.39, 0.29) is 5.78 Å². The lowest BCUT2D eigenvalue weighted by Gasteiger charge is -2.06. The van der Waals surface area contributed by atoms with Crippen molar-refractivity contribution in [3.8, 4) is 5.75 Å². The molecule has 0 radical (unpaired) electrons. The molecule has 2 nitrogen and oxygen atoms in total. The van der Waals surface area contributed by atoms with Gasteiger partial charge in [-0.05, 0) is 48.4 Å². The van der Waals surface area contributed by atoms with E-state index in [1.165, 1.54) is 0 Å². The molecule has 3 aromatic rings. The fraction of sp³-hybridized carbons (Fsp3) is 0.0870. The lowest BCUT2D eigenvalue weighted by Crippen LogP contribution is -1.95. The van der Waals surface area contributed by atoms with Crippen LogP contribution < -0.4 is 4.74 Å². The summed E-state index contributed by atoms with van der Waals surface area (Å²) in [6.45, 7) is 2.49. The van der Waals surface area contributed by atoms with Crippen LogP contribution in [0.15, 0.2) is 78.9 Å². The molecule has 0 heterocycles. The maximum absolute atomic E-state index is 12.2. The predicted octanol–water partition coefficient (Wildman–Crippen LogP) is 6.12. The van der Waals surface area contributed by atoms with Gasteiger partial charge in [-0.25, -0.2) is 0 Å². The van der Waals surface area contributed by atoms with Crippen LogP contribution in [0.5, 0.6) is 5.75 Å². The number of ether oxygens (including phenoxy) is 1. The van der Waals surface area contributed by atoms with Gasteiger partial charge in [-0.1, -0.05) is 71.8 Å². The van der Waals surface area contributed by atoms with E-state index in [1.54, 1.807) is 6.08 Å². The second-order valence-corrected chi connectivity index (χ2v) is 6.48. The zero-order chi connectivity index (χ0) is 18.4. The monoisotopic (exact) mass is 362 g/mol. The number of hydrogen-bond acceptors (Lipinski definition) is 2. The van der Waals surface area contributed by atoms with E-state index in [9.17, 15) is 4.79 Å². The molecule has 0 amide bonds. The predicted molar refractivity (Wildman–Crippen MR) is 107 cm³/mol. The molecule has 0 aliphatic carbocycles. The van der Waals surface area contributed by atoms with Crippen molar-refractivity contribution in [3.05, 3.63) is 106 Å². The average molecular weight is 363 g/mol. The van der Waals surface area contributed by atoms with Crippen molar-refractivity contribution in [2.75, 3.05) is 0 Å². The summed E-state index contributed by atoms with van der Waals surface area (Å²) in [5.41, 5.74) is 3.83. The van der Waals surface area contributed by atoms with E-state index < -0.39 is 0 Å². The first-order valence-electron chi connectivity index (χ1n) is 8.36. The third-order valence-corrected chi connectivity index (χ3v) is 4.21. The van der Waals surface area contributed by atoms with Crippen molar-refractivity contribution >= 4 is 23.5 Å². The van der Waals surface area contributed by atoms with Gasteiger partial charge < -0.3 is 4.74 Å². The Morgan fingerprint density at radius 3 is 2.23 bits per heavy atom. The van der Waals surface area contributed by atoms with Crippen molar-refractivity contribution in [1.82, 2.24) is 0 Å². The van der Waals surface area contributed by atoms with Crippen LogP contribution in [0.4, 0.5) is 0 Å². The minimum atomic E-state index is -0.00642. The molecule has 0 aromatic heterocycles. The van der Waals surface area contributed by atoms with Crippen molar-refractivity contribution in [1.29, 1.82) is 0 Å². The zero-order valence-corrected chi connectivity index (χ0v) is 15.2. The van der Waals surface area contributed by atoms with Crippen molar-refractivity contribution < 1.29 is 9.53 Å². The third-order valence-electron chi connectivity index (χ3n) is 3.96. The Kier molecular flexibility index (Phi) is 5.88. The fourth-order valence-electron chi connectivity index (χ4n) is 2.41. The van der Waals surface area contributed by atoms with Crippen molar-refractivity contribution in [2.45, 2.75) is 13.5 Å². The molecule has 0 unspecified atom stereocenters. The lowest BCUT2D eigenvalue weighted by atomic mass is 10.1. The summed E-state index contributed by atoms with van der Waals surface area (Å²) in [5.74, 6) is 0.773. The normalized spacial score (nSPS) is 10.8. The molecule has 0 fully saturated rings. The highest BCUT2D eigenvalue weighted by Crippen LogP contribution is 2.16. The molecule has 0 atom stereocenters. The Balaban J connectivity index is 1.57. The largest absolute Gasteiger partial charge is 0.489 e. The average Bonchev–Trinajstić information content (AvgIpc) is 2.67. The summed E-state index contributed by atoms with van der Waals surface area (Å²) in [6, 6.07) is 22.8. The Bertz CT molecular complexity index is 892. The molecule has 0 spiro atoms. The summed E-state index contributed by atoms with van der Waals surface area (Å²) in [7, 11) is 0. The maximum atomic E-state index is 12.2. The maximum Gasteiger partial charge on any atom is 0.185 e. The quantitative estimate of drug-likeness (QED) is 0.390. The van der Waals surface area contributed by atoms with Gasteiger partial charge in [-0.3, -0.25) is 4.79 Å². The second kappa shape index (κ2) is 8.50. The van der Waals surface area contributed by atoms with Gasteiger partial charge >= 0.3 is 0 Å². The van der Waals surface area contributed by atoms with Gasteiger partial charge in [-0.2, -0.15) is 0 Å². The molecule has 3 aromatic carbocycles. The number of carbonyl (C=O) groups is 1. The number of ketones is 1. The molecule has 0 aliphatic heterocycles. The summed E-state index contributed by atoms with van der Waals surface area (Å²) < 4.78 is 5.76. The highest BCUT2D eigenvalue weighted by Gasteiger charge is 2.01. The SMILES string of the molecule is Cc1ccc(C(=O)C=Cc2ccc(OCc3ccc(Cl)cc3)cc2)cc1. The second-order valence-electron chi connectivity index (χ2n) is 6.05. The molecule has 0 saturated heterocycles. The number of benzene rings is 3. The molecule has 3 rings (SSSR count). The van der Waals surface area contributed by atoms with Crippen molar-refractivity contribution in [3.63, 3.8) is 0 Å². The molecular weight excluding hydrogens is 344 g/mol. The van der Waals surface area contributed by atoms with Crippen molar-refractivity contribution in [2.24, 2.45) is 0 Å². The smallest absolute Gasteiger partial charge is 0.185 e. The van der Waals surface area contributed by atoms with E-state index >= 15 is 0 Å². The Labute approximate surface area is 158 Å². The standard InChI is InChI=1S/C23H19ClO2/c1-17-2-9-20(10-3-17)23(25)15-8-18-6-13-22(14-7-18)26-16-19-4-11-21(24)12-5-19/h2-15H,16H2,1H3. The van der Waals surface area contributed by atoms with Crippen LogP contribution in [-0.2, 0) is 6.61 Å². The Morgan fingerprint density at radius 2 is 1.58 bits per heavy atom. The summed E-state index contributed by atoms with van der Waals surface area (Å²) >= 11 is 5.87. The number of aryl methyl sites for hydroxylation is 1. The summed E-state index contributed by atoms with van der Waals surface area (Å²) in [4.78, 5) is 12.2. The van der Waals surface area contributed by atoms with E-state index in [0.29, 0.717) is 17.2 Å². The van der Waals surface area contributed by atoms with Crippen LogP contribution in [0.3, 0.4) is 0 Å². The summed E-state index contributed by atoms with van der Waals surface area (Å²) in [6.07, 6.45) is 3.40. The van der Waals surface area contributed by atoms with Gasteiger partial charge in [0.15, 0.2) is 5.78 Å². The highest BCUT2D eigenvalue weighted by atomic mass is 35.5. The first kappa shape index (κ1) is 18.0. The molecule has 0 aliphatic rings. The molecule has 0 saturated carbocycles. The lowest BCUT2D eigenvalue weighted by molar-refractivity contribution is 0.104. The number of rotatable bonds is 6.